The highest BCUT2D eigenvalue weighted by Crippen LogP contribution is 2.47. The third-order valence-electron chi connectivity index (χ3n) is 4.62. The molecule has 1 aliphatic heterocycles. The van der Waals surface area contributed by atoms with Crippen LogP contribution in [0.15, 0.2) is 0 Å². The maximum Gasteiger partial charge on any atom is 0.306 e. The van der Waals surface area contributed by atoms with Crippen LogP contribution in [0.2, 0.25) is 0 Å². The number of esters is 1. The number of nitrogens with one attached hydrogen (secondary N) is 1. The summed E-state index contributed by atoms with van der Waals surface area (Å²) in [6.45, 7) is 4.51. The lowest BCUT2D eigenvalue weighted by atomic mass is 9.61. The molecule has 3 nitrogen and oxygen atoms in total. The largest absolute Gasteiger partial charge is 0.466 e. The van der Waals surface area contributed by atoms with E-state index in [1.54, 1.807) is 0 Å². The Hall–Kier alpha value is -0.570. The summed E-state index contributed by atoms with van der Waals surface area (Å²) in [4.78, 5) is 11.7. The first-order valence-electron chi connectivity index (χ1n) is 7.13. The Kier molecular flexibility index (Phi) is 4.43. The van der Waals surface area contributed by atoms with Crippen LogP contribution in [-0.2, 0) is 9.53 Å². The quantitative estimate of drug-likeness (QED) is 0.769. The van der Waals surface area contributed by atoms with Gasteiger partial charge in [-0.3, -0.25) is 4.79 Å². The summed E-state index contributed by atoms with van der Waals surface area (Å²) in [5, 5.41) is 3.45. The Labute approximate surface area is 104 Å². The van der Waals surface area contributed by atoms with Crippen molar-refractivity contribution in [3.63, 3.8) is 0 Å². The summed E-state index contributed by atoms with van der Waals surface area (Å²) < 4.78 is 5.11. The predicted molar refractivity (Wildman–Crippen MR) is 67.7 cm³/mol. The molecule has 1 aliphatic carbocycles. The van der Waals surface area contributed by atoms with Crippen LogP contribution in [0.5, 0.6) is 0 Å². The summed E-state index contributed by atoms with van der Waals surface area (Å²) in [5.41, 5.74) is 0.441. The van der Waals surface area contributed by atoms with E-state index in [1.165, 1.54) is 38.5 Å². The van der Waals surface area contributed by atoms with Crippen molar-refractivity contribution in [2.24, 2.45) is 11.3 Å². The average molecular weight is 239 g/mol. The predicted octanol–water partition coefficient (Wildman–Crippen LogP) is 2.50. The zero-order valence-electron chi connectivity index (χ0n) is 11.0. The number of piperidine rings is 1. The van der Waals surface area contributed by atoms with Crippen molar-refractivity contribution in [1.82, 2.24) is 5.32 Å². The molecular weight excluding hydrogens is 214 g/mol. The van der Waals surface area contributed by atoms with Gasteiger partial charge in [-0.15, -0.1) is 0 Å². The third kappa shape index (κ3) is 3.01. The number of ether oxygens (including phenoxy) is 1. The fraction of sp³-hybridized carbons (Fsp3) is 0.929. The van der Waals surface area contributed by atoms with Crippen LogP contribution in [0.1, 0.15) is 51.9 Å². The van der Waals surface area contributed by atoms with Gasteiger partial charge >= 0.3 is 5.97 Å². The van der Waals surface area contributed by atoms with E-state index in [1.807, 2.05) is 6.92 Å². The van der Waals surface area contributed by atoms with Crippen molar-refractivity contribution in [3.8, 4) is 0 Å². The smallest absolute Gasteiger partial charge is 0.306 e. The van der Waals surface area contributed by atoms with Gasteiger partial charge in [0.25, 0.3) is 0 Å². The van der Waals surface area contributed by atoms with Gasteiger partial charge in [0.15, 0.2) is 0 Å². The van der Waals surface area contributed by atoms with Crippen molar-refractivity contribution in [2.45, 2.75) is 51.9 Å². The number of carbonyl (C=O) groups excluding carboxylic acids is 1. The van der Waals surface area contributed by atoms with Crippen molar-refractivity contribution in [1.29, 1.82) is 0 Å². The molecule has 2 fully saturated rings. The molecule has 1 heterocycles. The van der Waals surface area contributed by atoms with E-state index in [4.69, 9.17) is 4.74 Å². The van der Waals surface area contributed by atoms with Crippen LogP contribution in [0.3, 0.4) is 0 Å². The first-order valence-corrected chi connectivity index (χ1v) is 7.13. The summed E-state index contributed by atoms with van der Waals surface area (Å²) >= 11 is 0. The normalized spacial score (nSPS) is 27.9. The van der Waals surface area contributed by atoms with Gasteiger partial charge in [-0.1, -0.05) is 19.3 Å². The summed E-state index contributed by atoms with van der Waals surface area (Å²) in [6.07, 6.45) is 8.56. The lowest BCUT2D eigenvalue weighted by Crippen LogP contribution is -2.47. The second kappa shape index (κ2) is 5.85. The molecule has 0 bridgehead atoms. The Morgan fingerprint density at radius 1 is 1.29 bits per heavy atom. The van der Waals surface area contributed by atoms with Gasteiger partial charge in [0.1, 0.15) is 0 Å². The fourth-order valence-corrected chi connectivity index (χ4v) is 3.66. The molecule has 1 N–H and O–H groups in total. The van der Waals surface area contributed by atoms with Crippen LogP contribution in [0, 0.1) is 11.3 Å². The van der Waals surface area contributed by atoms with Gasteiger partial charge < -0.3 is 10.1 Å². The standard InChI is InChI=1S/C14H25NO2/c1-2-17-13(16)10-12-11-15-9-8-14(12)6-4-3-5-7-14/h12,15H,2-11H2,1H3. The van der Waals surface area contributed by atoms with Gasteiger partial charge in [-0.2, -0.15) is 0 Å². The summed E-state index contributed by atoms with van der Waals surface area (Å²) in [6, 6.07) is 0. The summed E-state index contributed by atoms with van der Waals surface area (Å²) in [7, 11) is 0. The van der Waals surface area contributed by atoms with Crippen LogP contribution in [0.25, 0.3) is 0 Å². The molecule has 1 saturated heterocycles. The van der Waals surface area contributed by atoms with Gasteiger partial charge in [0.2, 0.25) is 0 Å². The minimum Gasteiger partial charge on any atom is -0.466 e. The Balaban J connectivity index is 1.98. The van der Waals surface area contributed by atoms with Gasteiger partial charge in [0, 0.05) is 0 Å². The number of hydrogen-bond donors (Lipinski definition) is 1. The number of carbonyl (C=O) groups is 1. The lowest BCUT2D eigenvalue weighted by molar-refractivity contribution is -0.146. The first-order chi connectivity index (χ1) is 8.27. The molecule has 17 heavy (non-hydrogen) atoms. The summed E-state index contributed by atoms with van der Waals surface area (Å²) in [5.74, 6) is 0.488. The average Bonchev–Trinajstić information content (AvgIpc) is 2.34. The molecule has 3 heteroatoms. The zero-order valence-corrected chi connectivity index (χ0v) is 11.0. The van der Waals surface area contributed by atoms with E-state index in [-0.39, 0.29) is 5.97 Å². The highest BCUT2D eigenvalue weighted by molar-refractivity contribution is 5.69. The maximum absolute atomic E-state index is 11.7. The molecule has 1 saturated carbocycles. The van der Waals surface area contributed by atoms with E-state index < -0.39 is 0 Å². The van der Waals surface area contributed by atoms with E-state index in [0.29, 0.717) is 24.4 Å². The zero-order chi connectivity index (χ0) is 12.1. The van der Waals surface area contributed by atoms with E-state index in [9.17, 15) is 4.79 Å². The molecule has 1 spiro atoms. The molecule has 0 aromatic rings. The minimum atomic E-state index is -0.00820. The van der Waals surface area contributed by atoms with Crippen molar-refractivity contribution in [3.05, 3.63) is 0 Å². The number of rotatable bonds is 3. The Morgan fingerprint density at radius 2 is 2.06 bits per heavy atom. The van der Waals surface area contributed by atoms with Gasteiger partial charge in [-0.25, -0.2) is 0 Å². The second-order valence-electron chi connectivity index (χ2n) is 5.58. The van der Waals surface area contributed by atoms with Crippen LogP contribution in [-0.4, -0.2) is 25.7 Å². The van der Waals surface area contributed by atoms with Gasteiger partial charge in [0.05, 0.1) is 13.0 Å². The molecular formula is C14H25NO2. The minimum absolute atomic E-state index is 0.00820. The molecule has 2 aliphatic rings. The topological polar surface area (TPSA) is 38.3 Å². The second-order valence-corrected chi connectivity index (χ2v) is 5.58. The van der Waals surface area contributed by atoms with Crippen LogP contribution < -0.4 is 5.32 Å². The monoisotopic (exact) mass is 239 g/mol. The van der Waals surface area contributed by atoms with E-state index in [2.05, 4.69) is 5.32 Å². The molecule has 1 atom stereocenters. The van der Waals surface area contributed by atoms with E-state index >= 15 is 0 Å². The molecule has 0 aromatic carbocycles. The Bertz CT molecular complexity index is 251. The molecule has 98 valence electrons. The van der Waals surface area contributed by atoms with Crippen LogP contribution >= 0.6 is 0 Å². The molecule has 0 amide bonds. The number of hydrogen-bond acceptors (Lipinski definition) is 3. The highest BCUT2D eigenvalue weighted by Gasteiger charge is 2.42. The lowest BCUT2D eigenvalue weighted by Gasteiger charge is -2.47. The third-order valence-corrected chi connectivity index (χ3v) is 4.62. The van der Waals surface area contributed by atoms with E-state index in [0.717, 1.165) is 13.1 Å². The molecule has 0 radical (unpaired) electrons. The highest BCUT2D eigenvalue weighted by atomic mass is 16.5. The SMILES string of the molecule is CCOC(=O)CC1CNCCC12CCCCC2. The van der Waals surface area contributed by atoms with Crippen molar-refractivity contribution < 1.29 is 9.53 Å². The van der Waals surface area contributed by atoms with Crippen molar-refractivity contribution in [2.75, 3.05) is 19.7 Å². The maximum atomic E-state index is 11.7. The van der Waals surface area contributed by atoms with Gasteiger partial charge in [-0.05, 0) is 50.6 Å². The first kappa shape index (κ1) is 12.9. The fourth-order valence-electron chi connectivity index (χ4n) is 3.66. The Morgan fingerprint density at radius 3 is 2.76 bits per heavy atom. The van der Waals surface area contributed by atoms with Crippen molar-refractivity contribution >= 4 is 5.97 Å². The molecule has 2 rings (SSSR count). The van der Waals surface area contributed by atoms with Crippen LogP contribution in [0.4, 0.5) is 0 Å². The molecule has 0 aromatic heterocycles. The molecule has 1 unspecified atom stereocenters.